The number of ketones is 1. The van der Waals surface area contributed by atoms with Crippen LogP contribution in [0.4, 0.5) is 0 Å². The highest BCUT2D eigenvalue weighted by atomic mass is 32.2. The van der Waals surface area contributed by atoms with Gasteiger partial charge in [0.05, 0.1) is 6.26 Å². The van der Waals surface area contributed by atoms with Gasteiger partial charge in [0.1, 0.15) is 5.78 Å². The molecular weight excluding hydrogens is 274 g/mol. The Hall–Kier alpha value is -0.420. The van der Waals surface area contributed by atoms with Crippen LogP contribution >= 0.6 is 0 Å². The van der Waals surface area contributed by atoms with Gasteiger partial charge in [0.25, 0.3) is 0 Å². The van der Waals surface area contributed by atoms with Gasteiger partial charge in [-0.1, -0.05) is 27.7 Å². The van der Waals surface area contributed by atoms with Crippen molar-refractivity contribution in [2.24, 2.45) is 17.3 Å². The molecular formula is C15H29NO3S. The van der Waals surface area contributed by atoms with Crippen LogP contribution in [0.3, 0.4) is 0 Å². The van der Waals surface area contributed by atoms with E-state index in [-0.39, 0.29) is 17.1 Å². The van der Waals surface area contributed by atoms with E-state index < -0.39 is 10.0 Å². The molecule has 0 aliphatic carbocycles. The summed E-state index contributed by atoms with van der Waals surface area (Å²) in [6.45, 7) is 9.67. The van der Waals surface area contributed by atoms with Crippen LogP contribution in [0.1, 0.15) is 53.4 Å². The van der Waals surface area contributed by atoms with Gasteiger partial charge >= 0.3 is 0 Å². The SMILES string of the molecule is CC(CC(=O)CC1CCCN(S(C)(=O)=O)C1)C(C)(C)C. The van der Waals surface area contributed by atoms with Gasteiger partial charge in [-0.15, -0.1) is 0 Å². The number of sulfonamides is 1. The smallest absolute Gasteiger partial charge is 0.211 e. The fourth-order valence-electron chi connectivity index (χ4n) is 2.55. The molecule has 5 heteroatoms. The lowest BCUT2D eigenvalue weighted by atomic mass is 9.78. The Bertz CT molecular complexity index is 437. The third-order valence-corrected chi connectivity index (χ3v) is 5.75. The van der Waals surface area contributed by atoms with Crippen LogP contribution in [0.2, 0.25) is 0 Å². The molecule has 0 amide bonds. The Morgan fingerprint density at radius 1 is 1.35 bits per heavy atom. The molecule has 1 rings (SSSR count). The van der Waals surface area contributed by atoms with Crippen molar-refractivity contribution >= 4 is 15.8 Å². The summed E-state index contributed by atoms with van der Waals surface area (Å²) in [5.74, 6) is 0.815. The normalized spacial score (nSPS) is 23.6. The summed E-state index contributed by atoms with van der Waals surface area (Å²) >= 11 is 0. The number of piperidine rings is 1. The van der Waals surface area contributed by atoms with E-state index in [0.717, 1.165) is 12.8 Å². The lowest BCUT2D eigenvalue weighted by molar-refractivity contribution is -0.121. The Balaban J connectivity index is 2.50. The van der Waals surface area contributed by atoms with Crippen LogP contribution in [0.25, 0.3) is 0 Å². The fraction of sp³-hybridized carbons (Fsp3) is 0.933. The molecule has 0 radical (unpaired) electrons. The number of carbonyl (C=O) groups is 1. The van der Waals surface area contributed by atoms with Crippen molar-refractivity contribution in [3.05, 3.63) is 0 Å². The molecule has 0 N–H and O–H groups in total. The summed E-state index contributed by atoms with van der Waals surface area (Å²) in [6, 6.07) is 0. The van der Waals surface area contributed by atoms with Gasteiger partial charge in [-0.05, 0) is 30.1 Å². The third-order valence-electron chi connectivity index (χ3n) is 4.48. The van der Waals surface area contributed by atoms with E-state index in [2.05, 4.69) is 27.7 Å². The molecule has 0 aromatic carbocycles. The molecule has 1 heterocycles. The fourth-order valence-corrected chi connectivity index (χ4v) is 3.49. The van der Waals surface area contributed by atoms with Crippen LogP contribution in [0.15, 0.2) is 0 Å². The highest BCUT2D eigenvalue weighted by Crippen LogP contribution is 2.30. The summed E-state index contributed by atoms with van der Waals surface area (Å²) in [5, 5.41) is 0. The molecule has 118 valence electrons. The summed E-state index contributed by atoms with van der Waals surface area (Å²) in [4.78, 5) is 12.2. The van der Waals surface area contributed by atoms with Crippen molar-refractivity contribution in [1.29, 1.82) is 0 Å². The second kappa shape index (κ2) is 6.56. The molecule has 0 aromatic heterocycles. The standard InChI is InChI=1S/C15H29NO3S/c1-12(15(2,3)4)9-14(17)10-13-7-6-8-16(11-13)20(5,18)19/h12-13H,6-11H2,1-5H3. The van der Waals surface area contributed by atoms with Crippen molar-refractivity contribution in [1.82, 2.24) is 4.31 Å². The Morgan fingerprint density at radius 3 is 2.45 bits per heavy atom. The predicted octanol–water partition coefficient (Wildman–Crippen LogP) is 2.69. The van der Waals surface area contributed by atoms with E-state index in [1.54, 1.807) is 0 Å². The minimum atomic E-state index is -3.12. The van der Waals surface area contributed by atoms with Crippen LogP contribution in [0.5, 0.6) is 0 Å². The Morgan fingerprint density at radius 2 is 1.95 bits per heavy atom. The molecule has 4 nitrogen and oxygen atoms in total. The van der Waals surface area contributed by atoms with E-state index in [1.165, 1.54) is 10.6 Å². The van der Waals surface area contributed by atoms with Crippen LogP contribution < -0.4 is 0 Å². The Kier molecular flexibility index (Phi) is 5.79. The van der Waals surface area contributed by atoms with Gasteiger partial charge in [-0.3, -0.25) is 4.79 Å². The van der Waals surface area contributed by atoms with Crippen molar-refractivity contribution < 1.29 is 13.2 Å². The molecule has 1 fully saturated rings. The number of Topliss-reactive ketones (excluding diaryl/α,β-unsaturated/α-hetero) is 1. The molecule has 0 spiro atoms. The highest BCUT2D eigenvalue weighted by Gasteiger charge is 2.28. The van der Waals surface area contributed by atoms with Gasteiger partial charge < -0.3 is 0 Å². The summed E-state index contributed by atoms with van der Waals surface area (Å²) in [7, 11) is -3.12. The van der Waals surface area contributed by atoms with Gasteiger partial charge in [0.2, 0.25) is 10.0 Å². The van der Waals surface area contributed by atoms with Gasteiger partial charge in [0, 0.05) is 25.9 Å². The molecule has 2 atom stereocenters. The molecule has 20 heavy (non-hydrogen) atoms. The lowest BCUT2D eigenvalue weighted by Crippen LogP contribution is -2.40. The number of hydrogen-bond donors (Lipinski definition) is 0. The zero-order chi connectivity index (χ0) is 15.6. The first-order chi connectivity index (χ1) is 9.00. The second-order valence-corrected chi connectivity index (χ2v) is 9.33. The molecule has 0 bridgehead atoms. The predicted molar refractivity (Wildman–Crippen MR) is 82.0 cm³/mol. The van der Waals surface area contributed by atoms with Crippen molar-refractivity contribution in [3.8, 4) is 0 Å². The second-order valence-electron chi connectivity index (χ2n) is 7.34. The third kappa shape index (κ3) is 5.52. The summed E-state index contributed by atoms with van der Waals surface area (Å²) in [6.07, 6.45) is 4.19. The molecule has 1 aliphatic rings. The maximum Gasteiger partial charge on any atom is 0.211 e. The number of rotatable bonds is 5. The van der Waals surface area contributed by atoms with Crippen molar-refractivity contribution in [3.63, 3.8) is 0 Å². The van der Waals surface area contributed by atoms with Crippen LogP contribution in [-0.2, 0) is 14.8 Å². The lowest BCUT2D eigenvalue weighted by Gasteiger charge is -2.31. The number of carbonyl (C=O) groups excluding carboxylic acids is 1. The zero-order valence-electron chi connectivity index (χ0n) is 13.5. The van der Waals surface area contributed by atoms with E-state index in [4.69, 9.17) is 0 Å². The van der Waals surface area contributed by atoms with Crippen molar-refractivity contribution in [2.75, 3.05) is 19.3 Å². The van der Waals surface area contributed by atoms with Crippen LogP contribution in [0, 0.1) is 17.3 Å². The first-order valence-electron chi connectivity index (χ1n) is 7.47. The Labute approximate surface area is 124 Å². The molecule has 2 unspecified atom stereocenters. The first kappa shape index (κ1) is 17.6. The minimum absolute atomic E-state index is 0.140. The average Bonchev–Trinajstić information content (AvgIpc) is 2.26. The molecule has 0 saturated carbocycles. The number of hydrogen-bond acceptors (Lipinski definition) is 3. The zero-order valence-corrected chi connectivity index (χ0v) is 14.3. The monoisotopic (exact) mass is 303 g/mol. The molecule has 1 saturated heterocycles. The number of nitrogens with zero attached hydrogens (tertiary/aromatic N) is 1. The largest absolute Gasteiger partial charge is 0.300 e. The van der Waals surface area contributed by atoms with Gasteiger partial charge in [-0.25, -0.2) is 12.7 Å². The highest BCUT2D eigenvalue weighted by molar-refractivity contribution is 7.88. The first-order valence-corrected chi connectivity index (χ1v) is 9.32. The van der Waals surface area contributed by atoms with Gasteiger partial charge in [-0.2, -0.15) is 0 Å². The van der Waals surface area contributed by atoms with E-state index in [1.807, 2.05) is 0 Å². The van der Waals surface area contributed by atoms with Gasteiger partial charge in [0.15, 0.2) is 0 Å². The maximum absolute atomic E-state index is 12.2. The maximum atomic E-state index is 12.2. The summed E-state index contributed by atoms with van der Waals surface area (Å²) < 4.78 is 24.7. The minimum Gasteiger partial charge on any atom is -0.300 e. The summed E-state index contributed by atoms with van der Waals surface area (Å²) in [5.41, 5.74) is 0.140. The molecule has 1 aliphatic heterocycles. The van der Waals surface area contributed by atoms with E-state index in [9.17, 15) is 13.2 Å². The van der Waals surface area contributed by atoms with E-state index >= 15 is 0 Å². The topological polar surface area (TPSA) is 54.5 Å². The molecule has 0 aromatic rings. The average molecular weight is 303 g/mol. The van der Waals surface area contributed by atoms with E-state index in [0.29, 0.717) is 31.8 Å². The quantitative estimate of drug-likeness (QED) is 0.784. The van der Waals surface area contributed by atoms with Crippen LogP contribution in [-0.4, -0.2) is 37.9 Å². The van der Waals surface area contributed by atoms with Crippen molar-refractivity contribution in [2.45, 2.75) is 53.4 Å².